The van der Waals surface area contributed by atoms with Crippen LogP contribution in [0.3, 0.4) is 0 Å². The van der Waals surface area contributed by atoms with Crippen molar-refractivity contribution < 1.29 is 0 Å². The fourth-order valence-electron chi connectivity index (χ4n) is 5.11. The summed E-state index contributed by atoms with van der Waals surface area (Å²) in [6.45, 7) is 2.12. The number of nitrogens with zero attached hydrogens (tertiary/aromatic N) is 2. The van der Waals surface area contributed by atoms with Crippen LogP contribution >= 0.6 is 0 Å². The number of allylic oxidation sites excluding steroid dienone is 3. The van der Waals surface area contributed by atoms with Crippen molar-refractivity contribution in [2.24, 2.45) is 0 Å². The van der Waals surface area contributed by atoms with Gasteiger partial charge in [-0.2, -0.15) is 0 Å². The molecule has 0 heterocycles. The molecule has 1 aliphatic rings. The van der Waals surface area contributed by atoms with Crippen LogP contribution in [-0.4, -0.2) is 0 Å². The molecule has 0 aromatic heterocycles. The van der Waals surface area contributed by atoms with Crippen molar-refractivity contribution in [1.82, 2.24) is 0 Å². The van der Waals surface area contributed by atoms with E-state index >= 15 is 0 Å². The molecule has 39 heavy (non-hydrogen) atoms. The van der Waals surface area contributed by atoms with Gasteiger partial charge in [-0.05, 0) is 97.6 Å². The Hall–Kier alpha value is -4.82. The smallest absolute Gasteiger partial charge is 0.0462 e. The van der Waals surface area contributed by atoms with Gasteiger partial charge in [-0.3, -0.25) is 0 Å². The number of rotatable bonds is 7. The molecule has 0 N–H and O–H groups in total. The van der Waals surface area contributed by atoms with Gasteiger partial charge < -0.3 is 9.80 Å². The molecule has 0 bridgehead atoms. The van der Waals surface area contributed by atoms with E-state index < -0.39 is 0 Å². The fraction of sp³-hybridized carbons (Fsp3) is 0.0811. The third-order valence-electron chi connectivity index (χ3n) is 7.14. The second-order valence-electron chi connectivity index (χ2n) is 9.88. The SMILES string of the molecule is Cc1ccc(N(c2ccccc2)c2ccc(-c3ccc(N(C4=CCCC=C4)c4ccccc4)cc3)cc2)cc1. The zero-order valence-corrected chi connectivity index (χ0v) is 22.2. The molecule has 6 rings (SSSR count). The molecule has 2 nitrogen and oxygen atoms in total. The molecule has 0 atom stereocenters. The summed E-state index contributed by atoms with van der Waals surface area (Å²) >= 11 is 0. The van der Waals surface area contributed by atoms with Gasteiger partial charge in [0, 0.05) is 34.1 Å². The van der Waals surface area contributed by atoms with Gasteiger partial charge in [0.1, 0.15) is 0 Å². The minimum Gasteiger partial charge on any atom is -0.311 e. The van der Waals surface area contributed by atoms with Gasteiger partial charge in [0.05, 0.1) is 0 Å². The predicted molar refractivity (Wildman–Crippen MR) is 166 cm³/mol. The minimum absolute atomic E-state index is 1.07. The maximum absolute atomic E-state index is 2.34. The summed E-state index contributed by atoms with van der Waals surface area (Å²) in [4.78, 5) is 4.64. The zero-order chi connectivity index (χ0) is 26.4. The Morgan fingerprint density at radius 1 is 0.436 bits per heavy atom. The molecule has 0 amide bonds. The van der Waals surface area contributed by atoms with Gasteiger partial charge >= 0.3 is 0 Å². The Morgan fingerprint density at radius 2 is 0.872 bits per heavy atom. The normalized spacial score (nSPS) is 12.6. The van der Waals surface area contributed by atoms with Crippen LogP contribution in [0.4, 0.5) is 28.4 Å². The summed E-state index contributed by atoms with van der Waals surface area (Å²) in [5.41, 5.74) is 10.6. The lowest BCUT2D eigenvalue weighted by molar-refractivity contribution is 0.997. The molecular weight excluding hydrogens is 472 g/mol. The molecule has 5 aromatic rings. The summed E-state index contributed by atoms with van der Waals surface area (Å²) in [6.07, 6.45) is 8.99. The first kappa shape index (κ1) is 24.5. The number of para-hydroxylation sites is 2. The van der Waals surface area contributed by atoms with Gasteiger partial charge in [-0.25, -0.2) is 0 Å². The third-order valence-corrected chi connectivity index (χ3v) is 7.14. The van der Waals surface area contributed by atoms with Crippen LogP contribution in [0.2, 0.25) is 0 Å². The number of hydrogen-bond acceptors (Lipinski definition) is 2. The van der Waals surface area contributed by atoms with Gasteiger partial charge in [0.25, 0.3) is 0 Å². The van der Waals surface area contributed by atoms with Crippen LogP contribution in [0, 0.1) is 6.92 Å². The average Bonchev–Trinajstić information content (AvgIpc) is 3.01. The lowest BCUT2D eigenvalue weighted by Gasteiger charge is -2.28. The first-order chi connectivity index (χ1) is 19.3. The van der Waals surface area contributed by atoms with E-state index in [4.69, 9.17) is 0 Å². The second-order valence-corrected chi connectivity index (χ2v) is 9.88. The van der Waals surface area contributed by atoms with E-state index in [0.717, 1.165) is 35.6 Å². The van der Waals surface area contributed by atoms with Crippen LogP contribution in [0.1, 0.15) is 18.4 Å². The largest absolute Gasteiger partial charge is 0.311 e. The first-order valence-corrected chi connectivity index (χ1v) is 13.6. The molecule has 190 valence electrons. The molecule has 0 spiro atoms. The lowest BCUT2D eigenvalue weighted by atomic mass is 10.0. The van der Waals surface area contributed by atoms with Crippen molar-refractivity contribution in [3.8, 4) is 11.1 Å². The van der Waals surface area contributed by atoms with Crippen molar-refractivity contribution in [3.63, 3.8) is 0 Å². The Bertz CT molecular complexity index is 1560. The van der Waals surface area contributed by atoms with E-state index in [0.29, 0.717) is 0 Å². The Kier molecular flexibility index (Phi) is 7.09. The quantitative estimate of drug-likeness (QED) is 0.217. The summed E-state index contributed by atoms with van der Waals surface area (Å²) < 4.78 is 0. The summed E-state index contributed by atoms with van der Waals surface area (Å²) in [7, 11) is 0. The molecule has 0 saturated carbocycles. The van der Waals surface area contributed by atoms with E-state index in [1.54, 1.807) is 0 Å². The van der Waals surface area contributed by atoms with Crippen LogP contribution in [0.25, 0.3) is 11.1 Å². The molecule has 0 aliphatic heterocycles. The maximum atomic E-state index is 2.34. The highest BCUT2D eigenvalue weighted by atomic mass is 15.1. The number of anilines is 5. The van der Waals surface area contributed by atoms with Crippen LogP contribution < -0.4 is 9.80 Å². The molecule has 0 unspecified atom stereocenters. The number of aryl methyl sites for hydroxylation is 1. The average molecular weight is 505 g/mol. The summed E-state index contributed by atoms with van der Waals surface area (Å²) in [6, 6.07) is 47.6. The molecule has 5 aromatic carbocycles. The van der Waals surface area contributed by atoms with Crippen LogP contribution in [0.15, 0.2) is 157 Å². The predicted octanol–water partition coefficient (Wildman–Crippen LogP) is 10.5. The highest BCUT2D eigenvalue weighted by molar-refractivity contribution is 5.79. The first-order valence-electron chi connectivity index (χ1n) is 13.6. The highest BCUT2D eigenvalue weighted by Crippen LogP contribution is 2.37. The van der Waals surface area contributed by atoms with Gasteiger partial charge in [0.15, 0.2) is 0 Å². The van der Waals surface area contributed by atoms with E-state index in [2.05, 4.69) is 168 Å². The molecule has 0 saturated heterocycles. The molecule has 0 fully saturated rings. The Labute approximate surface area is 231 Å². The molecular formula is C37H32N2. The van der Waals surface area contributed by atoms with Crippen molar-refractivity contribution >= 4 is 28.4 Å². The van der Waals surface area contributed by atoms with Crippen molar-refractivity contribution in [2.45, 2.75) is 19.8 Å². The van der Waals surface area contributed by atoms with Gasteiger partial charge in [0.2, 0.25) is 0 Å². The molecule has 0 radical (unpaired) electrons. The second kappa shape index (κ2) is 11.3. The Balaban J connectivity index is 1.30. The van der Waals surface area contributed by atoms with E-state index in [1.165, 1.54) is 28.1 Å². The molecule has 2 heteroatoms. The lowest BCUT2D eigenvalue weighted by Crippen LogP contribution is -2.16. The minimum atomic E-state index is 1.07. The standard InChI is InChI=1S/C37H32N2/c1-29-17-23-35(24-18-29)39(34-15-9-4-10-16-34)37-27-21-31(22-28-37)30-19-25-36(26-20-30)38(32-11-5-2-6-12-32)33-13-7-3-8-14-33/h2,4-7,9-28H,3,8H2,1H3. The monoisotopic (exact) mass is 504 g/mol. The zero-order valence-electron chi connectivity index (χ0n) is 22.2. The topological polar surface area (TPSA) is 6.48 Å². The third kappa shape index (κ3) is 5.42. The van der Waals surface area contributed by atoms with Crippen molar-refractivity contribution in [3.05, 3.63) is 163 Å². The van der Waals surface area contributed by atoms with Gasteiger partial charge in [-0.15, -0.1) is 0 Å². The van der Waals surface area contributed by atoms with E-state index in [1.807, 2.05) is 0 Å². The molecule has 1 aliphatic carbocycles. The summed E-state index contributed by atoms with van der Waals surface area (Å²) in [5.74, 6) is 0. The number of benzene rings is 5. The fourth-order valence-corrected chi connectivity index (χ4v) is 5.11. The summed E-state index contributed by atoms with van der Waals surface area (Å²) in [5, 5.41) is 0. The van der Waals surface area contributed by atoms with Crippen LogP contribution in [0.5, 0.6) is 0 Å². The van der Waals surface area contributed by atoms with Crippen molar-refractivity contribution in [1.29, 1.82) is 0 Å². The van der Waals surface area contributed by atoms with Crippen LogP contribution in [-0.2, 0) is 0 Å². The number of hydrogen-bond donors (Lipinski definition) is 0. The van der Waals surface area contributed by atoms with E-state index in [-0.39, 0.29) is 0 Å². The Morgan fingerprint density at radius 3 is 1.36 bits per heavy atom. The van der Waals surface area contributed by atoms with Gasteiger partial charge in [-0.1, -0.05) is 90.5 Å². The highest BCUT2D eigenvalue weighted by Gasteiger charge is 2.15. The maximum Gasteiger partial charge on any atom is 0.0462 e. The van der Waals surface area contributed by atoms with E-state index in [9.17, 15) is 0 Å². The van der Waals surface area contributed by atoms with Crippen molar-refractivity contribution in [2.75, 3.05) is 9.80 Å².